The zero-order valence-corrected chi connectivity index (χ0v) is 25.4. The average Bonchev–Trinajstić information content (AvgIpc) is 3.71. The molecule has 45 heavy (non-hydrogen) atoms. The number of hydrogen-bond acceptors (Lipinski definition) is 10. The normalized spacial score (nSPS) is 20.1. The van der Waals surface area contributed by atoms with Crippen LogP contribution >= 0.6 is 11.3 Å². The minimum absolute atomic E-state index is 0.0485. The largest absolute Gasteiger partial charge is 0.466 e. The van der Waals surface area contributed by atoms with Gasteiger partial charge in [-0.15, -0.1) is 11.3 Å². The lowest BCUT2D eigenvalue weighted by Crippen LogP contribution is -2.53. The SMILES string of the molecule is COC(=O)C1=C(CN2CCN3C(=O)N(c4ccc(COC=O)cc4)C[C@@H]3C2)NC(c2nccs2)=N[C@H]1c1ccc(F)c(F)c1C. The van der Waals surface area contributed by atoms with Gasteiger partial charge in [0.15, 0.2) is 22.5 Å². The standard InChI is InChI=1S/C31H30F2N6O5S/c1-18-22(7-8-23(32)26(18)33)27-25(30(41)43-2)24(35-28(36-27)29-34-9-12-45-29)15-37-10-11-38-21(13-37)14-39(31(38)42)20-5-3-19(4-6-20)16-44-17-40/h3-9,12,17,21,27H,10-11,13-16H2,1-2H3,(H,35,36)/t21-,27-/m0/s1. The number of amides is 2. The number of aliphatic imine (C=N–C) groups is 1. The molecule has 1 aromatic heterocycles. The molecular formula is C31H30F2N6O5S. The van der Waals surface area contributed by atoms with Gasteiger partial charge in [0.25, 0.3) is 6.47 Å². The molecule has 3 aliphatic rings. The van der Waals surface area contributed by atoms with E-state index in [1.54, 1.807) is 16.5 Å². The number of amidine groups is 1. The number of rotatable bonds is 9. The lowest BCUT2D eigenvalue weighted by molar-refractivity contribution is -0.136. The average molecular weight is 637 g/mol. The van der Waals surface area contributed by atoms with Gasteiger partial charge in [0.2, 0.25) is 0 Å². The first-order valence-corrected chi connectivity index (χ1v) is 15.1. The van der Waals surface area contributed by atoms with Crippen molar-refractivity contribution in [3.05, 3.63) is 92.6 Å². The topological polar surface area (TPSA) is 117 Å². The summed E-state index contributed by atoms with van der Waals surface area (Å²) in [6.45, 7) is 4.32. The van der Waals surface area contributed by atoms with Gasteiger partial charge >= 0.3 is 12.0 Å². The van der Waals surface area contributed by atoms with E-state index in [1.165, 1.54) is 31.4 Å². The van der Waals surface area contributed by atoms with Crippen LogP contribution in [0.4, 0.5) is 19.3 Å². The van der Waals surface area contributed by atoms with Crippen LogP contribution in [0.15, 0.2) is 64.2 Å². The summed E-state index contributed by atoms with van der Waals surface area (Å²) in [5, 5.41) is 5.65. The molecule has 0 spiro atoms. The number of urea groups is 1. The summed E-state index contributed by atoms with van der Waals surface area (Å²) in [6, 6.07) is 8.60. The van der Waals surface area contributed by atoms with Crippen LogP contribution < -0.4 is 10.2 Å². The Kier molecular flexibility index (Phi) is 8.59. The fraction of sp³-hybridized carbons (Fsp3) is 0.323. The number of carbonyl (C=O) groups excluding carboxylic acids is 3. The Bertz CT molecular complexity index is 1680. The predicted octanol–water partition coefficient (Wildman–Crippen LogP) is 3.55. The Hall–Kier alpha value is -4.69. The first-order valence-electron chi connectivity index (χ1n) is 14.2. The number of hydrogen-bond donors (Lipinski definition) is 1. The molecule has 14 heteroatoms. The number of methoxy groups -OCH3 is 1. The third-order valence-electron chi connectivity index (χ3n) is 8.23. The van der Waals surface area contributed by atoms with E-state index in [0.29, 0.717) is 54.8 Å². The summed E-state index contributed by atoms with van der Waals surface area (Å²) >= 11 is 1.35. The molecule has 2 fully saturated rings. The molecule has 0 aliphatic carbocycles. The number of anilines is 1. The summed E-state index contributed by atoms with van der Waals surface area (Å²) in [7, 11) is 1.27. The summed E-state index contributed by atoms with van der Waals surface area (Å²) in [5.74, 6) is -2.22. The van der Waals surface area contributed by atoms with Crippen molar-refractivity contribution in [3.8, 4) is 0 Å². The van der Waals surface area contributed by atoms with E-state index in [-0.39, 0.29) is 36.4 Å². The summed E-state index contributed by atoms with van der Waals surface area (Å²) < 4.78 is 38.8. The van der Waals surface area contributed by atoms with Gasteiger partial charge in [-0.3, -0.25) is 19.6 Å². The highest BCUT2D eigenvalue weighted by Crippen LogP contribution is 2.36. The zero-order valence-electron chi connectivity index (χ0n) is 24.5. The van der Waals surface area contributed by atoms with Crippen LogP contribution in [0.1, 0.15) is 27.7 Å². The van der Waals surface area contributed by atoms with Gasteiger partial charge in [-0.1, -0.05) is 18.2 Å². The van der Waals surface area contributed by atoms with E-state index in [2.05, 4.69) is 15.2 Å². The van der Waals surface area contributed by atoms with E-state index in [0.717, 1.165) is 17.3 Å². The maximum absolute atomic E-state index is 14.7. The molecule has 1 N–H and O–H groups in total. The Morgan fingerprint density at radius 3 is 2.67 bits per heavy atom. The van der Waals surface area contributed by atoms with Crippen LogP contribution in [-0.4, -0.2) is 85.0 Å². The first-order chi connectivity index (χ1) is 21.8. The first kappa shape index (κ1) is 30.3. The number of benzene rings is 2. The molecule has 2 aromatic carbocycles. The van der Waals surface area contributed by atoms with Gasteiger partial charge in [-0.25, -0.2) is 23.4 Å². The van der Waals surface area contributed by atoms with Gasteiger partial charge in [-0.05, 0) is 41.8 Å². The highest BCUT2D eigenvalue weighted by atomic mass is 32.1. The molecule has 4 heterocycles. The maximum Gasteiger partial charge on any atom is 0.338 e. The number of halogens is 2. The van der Waals surface area contributed by atoms with Gasteiger partial charge < -0.3 is 19.7 Å². The molecular weight excluding hydrogens is 606 g/mol. The van der Waals surface area contributed by atoms with E-state index in [9.17, 15) is 23.2 Å². The van der Waals surface area contributed by atoms with Gasteiger partial charge in [-0.2, -0.15) is 0 Å². The number of aromatic nitrogens is 1. The second-order valence-corrected chi connectivity index (χ2v) is 11.7. The minimum Gasteiger partial charge on any atom is -0.466 e. The van der Waals surface area contributed by atoms with Crippen LogP contribution in [0.25, 0.3) is 0 Å². The fourth-order valence-corrected chi connectivity index (χ4v) is 6.55. The third-order valence-corrected chi connectivity index (χ3v) is 9.01. The van der Waals surface area contributed by atoms with Crippen LogP contribution in [0, 0.1) is 18.6 Å². The van der Waals surface area contributed by atoms with Crippen molar-refractivity contribution in [2.75, 3.05) is 44.7 Å². The maximum atomic E-state index is 14.7. The molecule has 0 radical (unpaired) electrons. The van der Waals surface area contributed by atoms with Crippen molar-refractivity contribution in [2.45, 2.75) is 25.6 Å². The minimum atomic E-state index is -1.00. The van der Waals surface area contributed by atoms with E-state index >= 15 is 0 Å². The van der Waals surface area contributed by atoms with Crippen LogP contribution in [-0.2, 0) is 25.7 Å². The van der Waals surface area contributed by atoms with E-state index in [4.69, 9.17) is 14.5 Å². The molecule has 3 aliphatic heterocycles. The van der Waals surface area contributed by atoms with Crippen LogP contribution in [0.3, 0.4) is 0 Å². The molecule has 2 saturated heterocycles. The summed E-state index contributed by atoms with van der Waals surface area (Å²) in [4.78, 5) is 52.0. The smallest absolute Gasteiger partial charge is 0.338 e. The second kappa shape index (κ2) is 12.7. The number of nitrogens with zero attached hydrogens (tertiary/aromatic N) is 5. The molecule has 0 bridgehead atoms. The quantitative estimate of drug-likeness (QED) is 0.280. The number of thiazole rings is 1. The third kappa shape index (κ3) is 5.90. The molecule has 2 amide bonds. The molecule has 0 unspecified atom stereocenters. The molecule has 2 atom stereocenters. The predicted molar refractivity (Wildman–Crippen MR) is 162 cm³/mol. The monoisotopic (exact) mass is 636 g/mol. The molecule has 0 saturated carbocycles. The molecule has 6 rings (SSSR count). The van der Waals surface area contributed by atoms with E-state index in [1.807, 2.05) is 29.2 Å². The van der Waals surface area contributed by atoms with Crippen molar-refractivity contribution in [3.63, 3.8) is 0 Å². The number of piperazine rings is 1. The lowest BCUT2D eigenvalue weighted by atomic mass is 9.92. The van der Waals surface area contributed by atoms with Crippen molar-refractivity contribution < 1.29 is 32.6 Å². The van der Waals surface area contributed by atoms with Gasteiger partial charge in [0, 0.05) is 55.7 Å². The Morgan fingerprint density at radius 2 is 1.96 bits per heavy atom. The fourth-order valence-electron chi connectivity index (χ4n) is 5.97. The number of ether oxygens (including phenoxy) is 2. The molecule has 234 valence electrons. The molecule has 11 nitrogen and oxygen atoms in total. The highest BCUT2D eigenvalue weighted by Gasteiger charge is 2.42. The Balaban J connectivity index is 1.27. The second-order valence-electron chi connectivity index (χ2n) is 10.9. The Morgan fingerprint density at radius 1 is 1.16 bits per heavy atom. The zero-order chi connectivity index (χ0) is 31.7. The van der Waals surface area contributed by atoms with Crippen LogP contribution in [0.5, 0.6) is 0 Å². The highest BCUT2D eigenvalue weighted by molar-refractivity contribution is 7.11. The van der Waals surface area contributed by atoms with E-state index < -0.39 is 23.6 Å². The summed E-state index contributed by atoms with van der Waals surface area (Å²) in [5.41, 5.74) is 2.65. The number of nitrogens with one attached hydrogen (secondary N) is 1. The van der Waals surface area contributed by atoms with Crippen molar-refractivity contribution >= 4 is 41.3 Å². The number of fused-ring (bicyclic) bond motifs is 1. The van der Waals surface area contributed by atoms with Crippen molar-refractivity contribution in [2.24, 2.45) is 4.99 Å². The molecule has 3 aromatic rings. The number of carbonyl (C=O) groups is 3. The van der Waals surface area contributed by atoms with Crippen molar-refractivity contribution in [1.82, 2.24) is 20.1 Å². The lowest BCUT2D eigenvalue weighted by Gasteiger charge is -2.38. The summed E-state index contributed by atoms with van der Waals surface area (Å²) in [6.07, 6.45) is 1.63. The van der Waals surface area contributed by atoms with Gasteiger partial charge in [0.05, 0.1) is 18.7 Å². The van der Waals surface area contributed by atoms with Crippen LogP contribution in [0.2, 0.25) is 0 Å². The number of esters is 1. The Labute approximate surface area is 261 Å². The van der Waals surface area contributed by atoms with Crippen molar-refractivity contribution in [1.29, 1.82) is 0 Å². The van der Waals surface area contributed by atoms with Gasteiger partial charge in [0.1, 0.15) is 12.6 Å².